The van der Waals surface area contributed by atoms with Crippen molar-refractivity contribution in [1.29, 1.82) is 0 Å². The highest BCUT2D eigenvalue weighted by molar-refractivity contribution is 9.10. The SMILES string of the molecule is CCn1ncc(Br)c1C(=O)CCSC. The third-order valence-corrected chi connectivity index (χ3v) is 3.08. The van der Waals surface area contributed by atoms with Crippen LogP contribution in [0.15, 0.2) is 10.7 Å². The van der Waals surface area contributed by atoms with Crippen LogP contribution in [0.25, 0.3) is 0 Å². The molecule has 1 rings (SSSR count). The summed E-state index contributed by atoms with van der Waals surface area (Å²) < 4.78 is 2.53. The number of aryl methyl sites for hydroxylation is 1. The molecule has 0 bridgehead atoms. The van der Waals surface area contributed by atoms with E-state index in [2.05, 4.69) is 21.0 Å². The minimum Gasteiger partial charge on any atom is -0.292 e. The van der Waals surface area contributed by atoms with Gasteiger partial charge in [0.15, 0.2) is 5.78 Å². The molecule has 0 atom stereocenters. The Bertz CT molecular complexity index is 325. The van der Waals surface area contributed by atoms with Gasteiger partial charge in [0.25, 0.3) is 0 Å². The number of aromatic nitrogens is 2. The van der Waals surface area contributed by atoms with Crippen LogP contribution >= 0.6 is 27.7 Å². The molecule has 1 aromatic heterocycles. The molecule has 0 aliphatic rings. The van der Waals surface area contributed by atoms with Crippen LogP contribution in [0, 0.1) is 0 Å². The van der Waals surface area contributed by atoms with E-state index in [1.807, 2.05) is 13.2 Å². The zero-order valence-corrected chi connectivity index (χ0v) is 10.7. The first kappa shape index (κ1) is 11.8. The Morgan fingerprint density at radius 2 is 2.43 bits per heavy atom. The molecule has 5 heteroatoms. The van der Waals surface area contributed by atoms with Gasteiger partial charge in [-0.05, 0) is 29.1 Å². The number of carbonyl (C=O) groups is 1. The van der Waals surface area contributed by atoms with Crippen LogP contribution in [0.1, 0.15) is 23.8 Å². The fraction of sp³-hybridized carbons (Fsp3) is 0.556. The molecular formula is C9H13BrN2OS. The molecule has 0 fully saturated rings. The largest absolute Gasteiger partial charge is 0.292 e. The Labute approximate surface area is 96.4 Å². The Balaban J connectivity index is 2.82. The second-order valence-electron chi connectivity index (χ2n) is 2.82. The molecule has 1 heterocycles. The Hall–Kier alpha value is -0.290. The zero-order valence-electron chi connectivity index (χ0n) is 8.29. The molecule has 14 heavy (non-hydrogen) atoms. The summed E-state index contributed by atoms with van der Waals surface area (Å²) in [5.41, 5.74) is 0.696. The summed E-state index contributed by atoms with van der Waals surface area (Å²) in [5.74, 6) is 1.02. The zero-order chi connectivity index (χ0) is 10.6. The predicted octanol–water partition coefficient (Wildman–Crippen LogP) is 2.60. The fourth-order valence-corrected chi connectivity index (χ4v) is 2.10. The molecule has 0 radical (unpaired) electrons. The van der Waals surface area contributed by atoms with Crippen molar-refractivity contribution in [1.82, 2.24) is 9.78 Å². The molecule has 78 valence electrons. The standard InChI is InChI=1S/C9H13BrN2OS/c1-3-12-9(7(10)6-11-12)8(13)4-5-14-2/h6H,3-5H2,1-2H3. The van der Waals surface area contributed by atoms with Crippen molar-refractivity contribution in [2.24, 2.45) is 0 Å². The van der Waals surface area contributed by atoms with Crippen LogP contribution in [0.3, 0.4) is 0 Å². The average molecular weight is 277 g/mol. The maximum Gasteiger partial charge on any atom is 0.182 e. The number of thioether (sulfide) groups is 1. The Morgan fingerprint density at radius 1 is 1.71 bits per heavy atom. The van der Waals surface area contributed by atoms with E-state index in [0.717, 1.165) is 16.8 Å². The van der Waals surface area contributed by atoms with E-state index in [4.69, 9.17) is 0 Å². The first-order chi connectivity index (χ1) is 6.70. The first-order valence-electron chi connectivity index (χ1n) is 4.44. The number of hydrogen-bond donors (Lipinski definition) is 0. The van der Waals surface area contributed by atoms with Crippen LogP contribution in [0.4, 0.5) is 0 Å². The molecule has 3 nitrogen and oxygen atoms in total. The highest BCUT2D eigenvalue weighted by Crippen LogP contribution is 2.18. The number of rotatable bonds is 5. The van der Waals surface area contributed by atoms with E-state index in [1.54, 1.807) is 22.6 Å². The van der Waals surface area contributed by atoms with Crippen LogP contribution in [-0.4, -0.2) is 27.6 Å². The molecule has 0 amide bonds. The summed E-state index contributed by atoms with van der Waals surface area (Å²) >= 11 is 5.02. The van der Waals surface area contributed by atoms with Gasteiger partial charge in [0.1, 0.15) is 5.69 Å². The molecule has 0 aromatic carbocycles. The van der Waals surface area contributed by atoms with Crippen LogP contribution in [0.5, 0.6) is 0 Å². The molecule has 0 saturated carbocycles. The molecule has 0 unspecified atom stereocenters. The summed E-state index contributed by atoms with van der Waals surface area (Å²) in [7, 11) is 0. The summed E-state index contributed by atoms with van der Waals surface area (Å²) in [6, 6.07) is 0. The normalized spacial score (nSPS) is 10.5. The highest BCUT2D eigenvalue weighted by atomic mass is 79.9. The number of hydrogen-bond acceptors (Lipinski definition) is 3. The lowest BCUT2D eigenvalue weighted by Crippen LogP contribution is -2.10. The Kier molecular flexibility index (Phi) is 4.68. The smallest absolute Gasteiger partial charge is 0.182 e. The lowest BCUT2D eigenvalue weighted by molar-refractivity contribution is 0.0978. The van der Waals surface area contributed by atoms with Gasteiger partial charge < -0.3 is 0 Å². The summed E-state index contributed by atoms with van der Waals surface area (Å²) in [6.45, 7) is 2.71. The highest BCUT2D eigenvalue weighted by Gasteiger charge is 2.15. The van der Waals surface area contributed by atoms with Crippen molar-refractivity contribution in [3.8, 4) is 0 Å². The monoisotopic (exact) mass is 276 g/mol. The molecule has 0 saturated heterocycles. The van der Waals surface area contributed by atoms with E-state index in [0.29, 0.717) is 12.1 Å². The van der Waals surface area contributed by atoms with Gasteiger partial charge >= 0.3 is 0 Å². The van der Waals surface area contributed by atoms with Gasteiger partial charge in [-0.25, -0.2) is 0 Å². The summed E-state index contributed by atoms with van der Waals surface area (Å²) in [6.07, 6.45) is 4.25. The first-order valence-corrected chi connectivity index (χ1v) is 6.62. The molecule has 0 spiro atoms. The van der Waals surface area contributed by atoms with Crippen LogP contribution in [0.2, 0.25) is 0 Å². The van der Waals surface area contributed by atoms with Gasteiger partial charge in [-0.2, -0.15) is 16.9 Å². The number of carbonyl (C=O) groups excluding carboxylic acids is 1. The van der Waals surface area contributed by atoms with Crippen LogP contribution in [-0.2, 0) is 6.54 Å². The maximum absolute atomic E-state index is 11.8. The predicted molar refractivity (Wildman–Crippen MR) is 62.9 cm³/mol. The van der Waals surface area contributed by atoms with Gasteiger partial charge in [0, 0.05) is 18.7 Å². The van der Waals surface area contributed by atoms with Gasteiger partial charge in [0.2, 0.25) is 0 Å². The molecule has 0 N–H and O–H groups in total. The lowest BCUT2D eigenvalue weighted by Gasteiger charge is -2.03. The van der Waals surface area contributed by atoms with E-state index < -0.39 is 0 Å². The molecule has 0 aliphatic carbocycles. The third-order valence-electron chi connectivity index (χ3n) is 1.89. The van der Waals surface area contributed by atoms with E-state index in [1.165, 1.54) is 0 Å². The van der Waals surface area contributed by atoms with E-state index in [9.17, 15) is 4.79 Å². The summed E-state index contributed by atoms with van der Waals surface area (Å²) in [5, 5.41) is 4.11. The van der Waals surface area contributed by atoms with E-state index >= 15 is 0 Å². The van der Waals surface area contributed by atoms with Gasteiger partial charge in [0.05, 0.1) is 10.7 Å². The second-order valence-corrected chi connectivity index (χ2v) is 4.66. The van der Waals surface area contributed by atoms with Crippen molar-refractivity contribution in [2.45, 2.75) is 19.9 Å². The van der Waals surface area contributed by atoms with Gasteiger partial charge in [-0.15, -0.1) is 0 Å². The maximum atomic E-state index is 11.8. The fourth-order valence-electron chi connectivity index (χ4n) is 1.19. The number of Topliss-reactive ketones (excluding diaryl/α,β-unsaturated/α-hetero) is 1. The average Bonchev–Trinajstić information content (AvgIpc) is 2.56. The van der Waals surface area contributed by atoms with Gasteiger partial charge in [-0.1, -0.05) is 0 Å². The van der Waals surface area contributed by atoms with Crippen molar-refractivity contribution < 1.29 is 4.79 Å². The topological polar surface area (TPSA) is 34.9 Å². The third kappa shape index (κ3) is 2.60. The summed E-state index contributed by atoms with van der Waals surface area (Å²) in [4.78, 5) is 11.8. The van der Waals surface area contributed by atoms with E-state index in [-0.39, 0.29) is 5.78 Å². The molecule has 1 aromatic rings. The molecule has 0 aliphatic heterocycles. The second kappa shape index (κ2) is 5.56. The van der Waals surface area contributed by atoms with Crippen molar-refractivity contribution in [3.05, 3.63) is 16.4 Å². The molecular weight excluding hydrogens is 264 g/mol. The number of ketones is 1. The minimum absolute atomic E-state index is 0.158. The Morgan fingerprint density at radius 3 is 3.00 bits per heavy atom. The van der Waals surface area contributed by atoms with Crippen molar-refractivity contribution in [2.75, 3.05) is 12.0 Å². The van der Waals surface area contributed by atoms with Gasteiger partial charge in [-0.3, -0.25) is 9.48 Å². The van der Waals surface area contributed by atoms with Crippen molar-refractivity contribution >= 4 is 33.5 Å². The quantitative estimate of drug-likeness (QED) is 0.776. The number of nitrogens with zero attached hydrogens (tertiary/aromatic N) is 2. The van der Waals surface area contributed by atoms with Crippen LogP contribution < -0.4 is 0 Å². The lowest BCUT2D eigenvalue weighted by atomic mass is 10.2. The van der Waals surface area contributed by atoms with Crippen molar-refractivity contribution in [3.63, 3.8) is 0 Å². The minimum atomic E-state index is 0.158. The number of halogens is 1.